The Kier molecular flexibility index (Phi) is 4.63. The van der Waals surface area contributed by atoms with E-state index in [2.05, 4.69) is 19.2 Å². The lowest BCUT2D eigenvalue weighted by molar-refractivity contribution is -0.121. The number of hydrogen-bond acceptors (Lipinski definition) is 3. The molecule has 0 bridgehead atoms. The number of halogens is 1. The second kappa shape index (κ2) is 5.97. The summed E-state index contributed by atoms with van der Waals surface area (Å²) in [5.74, 6) is 0.626. The summed E-state index contributed by atoms with van der Waals surface area (Å²) < 4.78 is 22.2. The fourth-order valence-corrected chi connectivity index (χ4v) is 3.10. The van der Waals surface area contributed by atoms with E-state index in [1.807, 2.05) is 0 Å². The highest BCUT2D eigenvalue weighted by Gasteiger charge is 2.45. The van der Waals surface area contributed by atoms with Gasteiger partial charge in [-0.3, -0.25) is 4.79 Å². The molecule has 1 amide bonds. The second-order valence-electron chi connectivity index (χ2n) is 6.28. The molecule has 1 atom stereocenters. The van der Waals surface area contributed by atoms with E-state index in [-0.39, 0.29) is 10.8 Å². The smallest absolute Gasteiger partial charge is 0.261 e. The van der Waals surface area contributed by atoms with Crippen molar-refractivity contribution in [3.63, 3.8) is 0 Å². The fraction of sp³-hybridized carbons (Fsp3) is 0.533. The molecule has 2 rings (SSSR count). The number of carbonyl (C=O) groups is 1. The van der Waals surface area contributed by atoms with E-state index in [0.717, 1.165) is 12.1 Å². The van der Waals surface area contributed by atoms with Gasteiger partial charge in [-0.1, -0.05) is 26.0 Å². The van der Waals surface area contributed by atoms with Gasteiger partial charge in [-0.15, -0.1) is 0 Å². The van der Waals surface area contributed by atoms with E-state index in [9.17, 15) is 13.2 Å². The first-order valence-electron chi connectivity index (χ1n) is 6.99. The van der Waals surface area contributed by atoms with Gasteiger partial charge in [0, 0.05) is 23.6 Å². The molecule has 1 aliphatic carbocycles. The third-order valence-electron chi connectivity index (χ3n) is 4.11. The Bertz CT molecular complexity index is 623. The lowest BCUT2D eigenvalue weighted by Gasteiger charge is -2.07. The van der Waals surface area contributed by atoms with Crippen LogP contribution >= 0.6 is 10.7 Å². The van der Waals surface area contributed by atoms with Crippen LogP contribution in [0.1, 0.15) is 32.3 Å². The number of benzene rings is 1. The highest BCUT2D eigenvalue weighted by Crippen LogP contribution is 2.50. The SMILES string of the molecule is CC1(C)CC1CNC(=O)CCc1ccc(S(=O)(=O)Cl)cc1. The first-order chi connectivity index (χ1) is 9.68. The lowest BCUT2D eigenvalue weighted by Crippen LogP contribution is -2.26. The van der Waals surface area contributed by atoms with Crippen LogP contribution in [-0.2, 0) is 20.3 Å². The molecule has 0 aliphatic heterocycles. The van der Waals surface area contributed by atoms with Crippen molar-refractivity contribution in [1.82, 2.24) is 5.32 Å². The number of nitrogens with one attached hydrogen (secondary N) is 1. The third-order valence-corrected chi connectivity index (χ3v) is 5.48. The topological polar surface area (TPSA) is 63.2 Å². The predicted octanol–water partition coefficient (Wildman–Crippen LogP) is 2.71. The summed E-state index contributed by atoms with van der Waals surface area (Å²) >= 11 is 0. The van der Waals surface area contributed by atoms with E-state index in [1.165, 1.54) is 18.6 Å². The fourth-order valence-electron chi connectivity index (χ4n) is 2.33. The van der Waals surface area contributed by atoms with Gasteiger partial charge in [0.2, 0.25) is 5.91 Å². The molecular weight excluding hydrogens is 310 g/mol. The first-order valence-corrected chi connectivity index (χ1v) is 9.30. The molecule has 1 fully saturated rings. The van der Waals surface area contributed by atoms with Crippen LogP contribution < -0.4 is 5.32 Å². The van der Waals surface area contributed by atoms with Crippen LogP contribution in [0.25, 0.3) is 0 Å². The molecule has 116 valence electrons. The molecule has 0 heterocycles. The predicted molar refractivity (Wildman–Crippen MR) is 82.7 cm³/mol. The minimum absolute atomic E-state index is 0.0340. The van der Waals surface area contributed by atoms with E-state index in [4.69, 9.17) is 10.7 Å². The normalized spacial score (nSPS) is 20.0. The molecule has 1 unspecified atom stereocenters. The number of aryl methyl sites for hydroxylation is 1. The zero-order chi connectivity index (χ0) is 15.7. The van der Waals surface area contributed by atoms with E-state index < -0.39 is 9.05 Å². The Balaban J connectivity index is 1.76. The van der Waals surface area contributed by atoms with Crippen LogP contribution in [0.5, 0.6) is 0 Å². The van der Waals surface area contributed by atoms with Crippen molar-refractivity contribution < 1.29 is 13.2 Å². The summed E-state index contributed by atoms with van der Waals surface area (Å²) in [5, 5.41) is 2.95. The van der Waals surface area contributed by atoms with Gasteiger partial charge in [0.25, 0.3) is 9.05 Å². The van der Waals surface area contributed by atoms with Gasteiger partial charge in [-0.05, 0) is 41.9 Å². The van der Waals surface area contributed by atoms with Crippen molar-refractivity contribution in [2.24, 2.45) is 11.3 Å². The molecule has 1 aromatic carbocycles. The van der Waals surface area contributed by atoms with Gasteiger partial charge in [0.1, 0.15) is 0 Å². The zero-order valence-electron chi connectivity index (χ0n) is 12.2. The van der Waals surface area contributed by atoms with E-state index >= 15 is 0 Å². The summed E-state index contributed by atoms with van der Waals surface area (Å²) in [6, 6.07) is 6.30. The maximum atomic E-state index is 11.8. The van der Waals surface area contributed by atoms with Crippen molar-refractivity contribution in [2.45, 2.75) is 38.0 Å². The average Bonchev–Trinajstić information content (AvgIpc) is 3.01. The summed E-state index contributed by atoms with van der Waals surface area (Å²) in [7, 11) is 1.57. The molecule has 6 heteroatoms. The Morgan fingerprint density at radius 3 is 2.38 bits per heavy atom. The standard InChI is InChI=1S/C15H20ClNO3S/c1-15(2)9-12(15)10-17-14(18)8-5-11-3-6-13(7-4-11)21(16,19)20/h3-4,6-7,12H,5,8-10H2,1-2H3,(H,17,18). The highest BCUT2D eigenvalue weighted by molar-refractivity contribution is 8.13. The van der Waals surface area contributed by atoms with Gasteiger partial charge in [-0.25, -0.2) is 8.42 Å². The van der Waals surface area contributed by atoms with Gasteiger partial charge >= 0.3 is 0 Å². The summed E-state index contributed by atoms with van der Waals surface area (Å²) in [6.45, 7) is 5.15. The zero-order valence-corrected chi connectivity index (χ0v) is 13.8. The van der Waals surface area contributed by atoms with Crippen molar-refractivity contribution in [3.8, 4) is 0 Å². The molecule has 0 aromatic heterocycles. The Morgan fingerprint density at radius 1 is 1.33 bits per heavy atom. The average molecular weight is 330 g/mol. The molecule has 0 spiro atoms. The largest absolute Gasteiger partial charge is 0.356 e. The van der Waals surface area contributed by atoms with Crippen LogP contribution in [0.4, 0.5) is 0 Å². The maximum absolute atomic E-state index is 11.8. The molecule has 21 heavy (non-hydrogen) atoms. The molecule has 1 aliphatic rings. The monoisotopic (exact) mass is 329 g/mol. The third kappa shape index (κ3) is 4.71. The minimum Gasteiger partial charge on any atom is -0.356 e. The molecule has 4 nitrogen and oxygen atoms in total. The molecule has 1 aromatic rings. The number of hydrogen-bond donors (Lipinski definition) is 1. The van der Waals surface area contributed by atoms with Gasteiger partial charge < -0.3 is 5.32 Å². The van der Waals surface area contributed by atoms with Crippen molar-refractivity contribution in [1.29, 1.82) is 0 Å². The molecule has 0 radical (unpaired) electrons. The van der Waals surface area contributed by atoms with Crippen LogP contribution in [0.3, 0.4) is 0 Å². The van der Waals surface area contributed by atoms with Crippen LogP contribution in [-0.4, -0.2) is 20.9 Å². The molecule has 1 saturated carbocycles. The Hall–Kier alpha value is -1.07. The Morgan fingerprint density at radius 2 is 1.90 bits per heavy atom. The summed E-state index contributed by atoms with van der Waals surface area (Å²) in [4.78, 5) is 11.8. The number of carbonyl (C=O) groups excluding carboxylic acids is 1. The van der Waals surface area contributed by atoms with Gasteiger partial charge in [-0.2, -0.15) is 0 Å². The minimum atomic E-state index is -3.68. The molecule has 1 N–H and O–H groups in total. The van der Waals surface area contributed by atoms with E-state index in [0.29, 0.717) is 24.2 Å². The van der Waals surface area contributed by atoms with Gasteiger partial charge in [0.15, 0.2) is 0 Å². The van der Waals surface area contributed by atoms with Crippen molar-refractivity contribution in [3.05, 3.63) is 29.8 Å². The second-order valence-corrected chi connectivity index (χ2v) is 8.84. The lowest BCUT2D eigenvalue weighted by atomic mass is 10.1. The van der Waals surface area contributed by atoms with Crippen molar-refractivity contribution in [2.75, 3.05) is 6.54 Å². The summed E-state index contributed by atoms with van der Waals surface area (Å²) in [5.41, 5.74) is 1.29. The Labute approximate surface area is 130 Å². The van der Waals surface area contributed by atoms with Crippen molar-refractivity contribution >= 4 is 25.6 Å². The van der Waals surface area contributed by atoms with Crippen LogP contribution in [0, 0.1) is 11.3 Å². The number of amides is 1. The highest BCUT2D eigenvalue weighted by atomic mass is 35.7. The maximum Gasteiger partial charge on any atom is 0.261 e. The van der Waals surface area contributed by atoms with E-state index in [1.54, 1.807) is 12.1 Å². The summed E-state index contributed by atoms with van der Waals surface area (Å²) in [6.07, 6.45) is 2.16. The molecule has 0 saturated heterocycles. The molecular formula is C15H20ClNO3S. The number of rotatable bonds is 6. The quantitative estimate of drug-likeness (QED) is 0.816. The first kappa shape index (κ1) is 16.3. The van der Waals surface area contributed by atoms with Crippen LogP contribution in [0.2, 0.25) is 0 Å². The van der Waals surface area contributed by atoms with Gasteiger partial charge in [0.05, 0.1) is 4.90 Å². The van der Waals surface area contributed by atoms with Crippen LogP contribution in [0.15, 0.2) is 29.2 Å².